The highest BCUT2D eigenvalue weighted by molar-refractivity contribution is 5.78. The minimum absolute atomic E-state index is 0.00414. The Hall–Kier alpha value is -2.06. The summed E-state index contributed by atoms with van der Waals surface area (Å²) in [5, 5.41) is 8.68. The van der Waals surface area contributed by atoms with E-state index in [4.69, 9.17) is 5.26 Å². The first-order chi connectivity index (χ1) is 13.7. The second-order valence-corrected chi connectivity index (χ2v) is 8.54. The van der Waals surface area contributed by atoms with E-state index >= 15 is 0 Å². The topological polar surface area (TPSA) is 50.6 Å². The first-order valence-electron chi connectivity index (χ1n) is 11.0. The van der Waals surface area contributed by atoms with Gasteiger partial charge in [-0.2, -0.15) is 5.26 Å². The largest absolute Gasteiger partial charge is 0.369 e. The molecule has 2 aliphatic heterocycles. The van der Waals surface area contributed by atoms with E-state index < -0.39 is 0 Å². The Bertz CT molecular complexity index is 725. The number of aryl methyl sites for hydroxylation is 1. The van der Waals surface area contributed by atoms with Gasteiger partial charge in [0.25, 0.3) is 0 Å². The average molecular weight is 381 g/mol. The number of anilines is 1. The Morgan fingerprint density at radius 2 is 1.86 bits per heavy atom. The maximum Gasteiger partial charge on any atom is 0.236 e. The number of amides is 1. The number of carbonyl (C=O) groups excluding carboxylic acids is 1. The van der Waals surface area contributed by atoms with Crippen molar-refractivity contribution in [1.29, 1.82) is 5.26 Å². The predicted molar refractivity (Wildman–Crippen MR) is 111 cm³/mol. The van der Waals surface area contributed by atoms with Gasteiger partial charge in [0.05, 0.1) is 6.07 Å². The standard InChI is InChI=1S/C23H32N4O/c24-11-7-23(28)27-13-9-19(10-14-27)8-12-25-15-17-26(18-16-25)22-6-2-4-20-3-1-5-21(20)22/h2,4,6,19H,1,3,5,7-10,12-18H2. The lowest BCUT2D eigenvalue weighted by molar-refractivity contribution is -0.131. The fourth-order valence-electron chi connectivity index (χ4n) is 5.12. The van der Waals surface area contributed by atoms with Gasteiger partial charge in [-0.25, -0.2) is 0 Å². The van der Waals surface area contributed by atoms with Crippen molar-refractivity contribution in [3.63, 3.8) is 0 Å². The van der Waals surface area contributed by atoms with Crippen molar-refractivity contribution >= 4 is 11.6 Å². The van der Waals surface area contributed by atoms with Crippen molar-refractivity contribution in [2.75, 3.05) is 50.7 Å². The molecule has 0 bridgehead atoms. The molecule has 2 heterocycles. The second kappa shape index (κ2) is 8.96. The van der Waals surface area contributed by atoms with Gasteiger partial charge in [0, 0.05) is 45.0 Å². The van der Waals surface area contributed by atoms with Gasteiger partial charge in [-0.3, -0.25) is 9.69 Å². The van der Waals surface area contributed by atoms with Gasteiger partial charge < -0.3 is 9.80 Å². The van der Waals surface area contributed by atoms with Crippen molar-refractivity contribution in [3.05, 3.63) is 29.3 Å². The van der Waals surface area contributed by atoms with Crippen molar-refractivity contribution in [3.8, 4) is 6.07 Å². The van der Waals surface area contributed by atoms with Crippen molar-refractivity contribution in [1.82, 2.24) is 9.80 Å². The molecule has 5 nitrogen and oxygen atoms in total. The van der Waals surface area contributed by atoms with Crippen LogP contribution < -0.4 is 4.90 Å². The smallest absolute Gasteiger partial charge is 0.236 e. The third-order valence-corrected chi connectivity index (χ3v) is 6.89. The molecule has 1 amide bonds. The number of piperidine rings is 1. The number of benzene rings is 1. The number of nitriles is 1. The number of hydrogen-bond donors (Lipinski definition) is 0. The van der Waals surface area contributed by atoms with Crippen LogP contribution in [0.4, 0.5) is 5.69 Å². The highest BCUT2D eigenvalue weighted by Gasteiger charge is 2.25. The Kier molecular flexibility index (Phi) is 6.17. The lowest BCUT2D eigenvalue weighted by atomic mass is 9.93. The quantitative estimate of drug-likeness (QED) is 0.788. The van der Waals surface area contributed by atoms with Gasteiger partial charge in [0.2, 0.25) is 5.91 Å². The van der Waals surface area contributed by atoms with Gasteiger partial charge in [0.15, 0.2) is 0 Å². The lowest BCUT2D eigenvalue weighted by Crippen LogP contribution is -2.47. The summed E-state index contributed by atoms with van der Waals surface area (Å²) >= 11 is 0. The summed E-state index contributed by atoms with van der Waals surface area (Å²) in [6.45, 7) is 7.43. The third-order valence-electron chi connectivity index (χ3n) is 6.89. The normalized spacial score (nSPS) is 20.8. The molecule has 28 heavy (non-hydrogen) atoms. The molecule has 2 fully saturated rings. The van der Waals surface area contributed by atoms with Crippen LogP contribution in [0.15, 0.2) is 18.2 Å². The summed E-state index contributed by atoms with van der Waals surface area (Å²) in [6, 6.07) is 8.83. The maximum atomic E-state index is 11.8. The zero-order valence-electron chi connectivity index (χ0n) is 16.9. The zero-order chi connectivity index (χ0) is 19.3. The first-order valence-corrected chi connectivity index (χ1v) is 11.0. The monoisotopic (exact) mass is 380 g/mol. The number of fused-ring (bicyclic) bond motifs is 1. The molecular formula is C23H32N4O. The number of carbonyl (C=O) groups is 1. The van der Waals surface area contributed by atoms with Crippen LogP contribution in [0.5, 0.6) is 0 Å². The van der Waals surface area contributed by atoms with E-state index in [1.165, 1.54) is 37.9 Å². The molecule has 2 saturated heterocycles. The zero-order valence-corrected chi connectivity index (χ0v) is 16.9. The van der Waals surface area contributed by atoms with Crippen LogP contribution in [0.3, 0.4) is 0 Å². The Labute approximate surface area is 168 Å². The minimum atomic E-state index is 0.00414. The van der Waals surface area contributed by atoms with E-state index in [1.54, 1.807) is 11.1 Å². The minimum Gasteiger partial charge on any atom is -0.369 e. The molecule has 3 aliphatic rings. The molecule has 4 rings (SSSR count). The highest BCUT2D eigenvalue weighted by Crippen LogP contribution is 2.32. The summed E-state index contributed by atoms with van der Waals surface area (Å²) in [5.41, 5.74) is 4.66. The van der Waals surface area contributed by atoms with E-state index in [9.17, 15) is 4.79 Å². The Balaban J connectivity index is 1.19. The predicted octanol–water partition coefficient (Wildman–Crippen LogP) is 2.84. The SMILES string of the molecule is N#CCC(=O)N1CCC(CCN2CCN(c3cccc4c3CCC4)CC2)CC1. The first kappa shape index (κ1) is 19.3. The number of rotatable bonds is 5. The number of nitrogens with zero attached hydrogens (tertiary/aromatic N) is 4. The van der Waals surface area contributed by atoms with Crippen LogP contribution in [-0.4, -0.2) is 61.5 Å². The van der Waals surface area contributed by atoms with E-state index in [-0.39, 0.29) is 12.3 Å². The molecular weight excluding hydrogens is 348 g/mol. The van der Waals surface area contributed by atoms with Crippen LogP contribution in [0.1, 0.15) is 43.2 Å². The second-order valence-electron chi connectivity index (χ2n) is 8.54. The summed E-state index contributed by atoms with van der Waals surface area (Å²) in [4.78, 5) is 18.9. The molecule has 1 aliphatic carbocycles. The van der Waals surface area contributed by atoms with Gasteiger partial charge in [-0.1, -0.05) is 12.1 Å². The van der Waals surface area contributed by atoms with Gasteiger partial charge >= 0.3 is 0 Å². The maximum absolute atomic E-state index is 11.8. The van der Waals surface area contributed by atoms with Gasteiger partial charge in [0.1, 0.15) is 6.42 Å². The Morgan fingerprint density at radius 3 is 2.61 bits per heavy atom. The van der Waals surface area contributed by atoms with Crippen molar-refractivity contribution in [2.24, 2.45) is 5.92 Å². The molecule has 0 spiro atoms. The number of hydrogen-bond acceptors (Lipinski definition) is 4. The van der Waals surface area contributed by atoms with Crippen LogP contribution in [0.2, 0.25) is 0 Å². The van der Waals surface area contributed by atoms with Crippen molar-refractivity contribution in [2.45, 2.75) is 44.9 Å². The molecule has 5 heteroatoms. The number of piperazine rings is 1. The van der Waals surface area contributed by atoms with Crippen LogP contribution in [0.25, 0.3) is 0 Å². The molecule has 0 atom stereocenters. The van der Waals surface area contributed by atoms with Crippen LogP contribution in [-0.2, 0) is 17.6 Å². The average Bonchev–Trinajstić information content (AvgIpc) is 3.22. The summed E-state index contributed by atoms with van der Waals surface area (Å²) in [5.74, 6) is 0.728. The molecule has 0 saturated carbocycles. The third kappa shape index (κ3) is 4.33. The van der Waals surface area contributed by atoms with E-state index in [2.05, 4.69) is 28.0 Å². The molecule has 0 N–H and O–H groups in total. The van der Waals surface area contributed by atoms with Crippen LogP contribution >= 0.6 is 0 Å². The summed E-state index contributed by atoms with van der Waals surface area (Å²) < 4.78 is 0. The summed E-state index contributed by atoms with van der Waals surface area (Å²) in [7, 11) is 0. The molecule has 0 aromatic heterocycles. The molecule has 1 aromatic carbocycles. The van der Waals surface area contributed by atoms with Crippen molar-refractivity contribution < 1.29 is 4.79 Å². The Morgan fingerprint density at radius 1 is 1.07 bits per heavy atom. The fourth-order valence-corrected chi connectivity index (χ4v) is 5.12. The fraction of sp³-hybridized carbons (Fsp3) is 0.652. The lowest BCUT2D eigenvalue weighted by Gasteiger charge is -2.38. The van der Waals surface area contributed by atoms with E-state index in [0.717, 1.165) is 58.0 Å². The molecule has 150 valence electrons. The molecule has 1 aromatic rings. The molecule has 0 radical (unpaired) electrons. The number of likely N-dealkylation sites (tertiary alicyclic amines) is 1. The van der Waals surface area contributed by atoms with Gasteiger partial charge in [-0.05, 0) is 68.2 Å². The van der Waals surface area contributed by atoms with Crippen LogP contribution in [0, 0.1) is 17.2 Å². The summed E-state index contributed by atoms with van der Waals surface area (Å²) in [6.07, 6.45) is 7.26. The van der Waals surface area contributed by atoms with Gasteiger partial charge in [-0.15, -0.1) is 0 Å². The van der Waals surface area contributed by atoms with E-state index in [1.807, 2.05) is 11.0 Å². The van der Waals surface area contributed by atoms with E-state index in [0.29, 0.717) is 0 Å². The molecule has 0 unspecified atom stereocenters. The highest BCUT2D eigenvalue weighted by atomic mass is 16.2.